The Morgan fingerprint density at radius 2 is 2.08 bits per heavy atom. The molecule has 0 spiro atoms. The predicted octanol–water partition coefficient (Wildman–Crippen LogP) is 2.10. The summed E-state index contributed by atoms with van der Waals surface area (Å²) in [5, 5.41) is 15.7. The summed E-state index contributed by atoms with van der Waals surface area (Å²) in [7, 11) is 0. The molecule has 1 aromatic heterocycles. The van der Waals surface area contributed by atoms with Crippen molar-refractivity contribution in [1.29, 1.82) is 0 Å². The third kappa shape index (κ3) is 4.56. The first kappa shape index (κ1) is 16.9. The lowest BCUT2D eigenvalue weighted by molar-refractivity contribution is -0.147. The SMILES string of the molecule is C[C@H](NC(=O)O[C@H](Cn1cncn1)C(=O)O)c1ccc(C2CC2)cc1. The molecule has 2 aromatic rings. The number of alkyl carbamates (subject to hydrolysis) is 1. The molecule has 2 N–H and O–H groups in total. The van der Waals surface area contributed by atoms with Gasteiger partial charge < -0.3 is 15.2 Å². The summed E-state index contributed by atoms with van der Waals surface area (Å²) < 4.78 is 6.31. The molecule has 132 valence electrons. The number of nitrogens with one attached hydrogen (secondary N) is 1. The smallest absolute Gasteiger partial charge is 0.408 e. The van der Waals surface area contributed by atoms with E-state index in [-0.39, 0.29) is 12.6 Å². The number of carboxylic acids is 1. The van der Waals surface area contributed by atoms with Crippen molar-refractivity contribution in [3.63, 3.8) is 0 Å². The van der Waals surface area contributed by atoms with Crippen molar-refractivity contribution in [3.8, 4) is 0 Å². The molecule has 1 heterocycles. The number of carbonyl (C=O) groups excluding carboxylic acids is 1. The highest BCUT2D eigenvalue weighted by Crippen LogP contribution is 2.40. The number of amides is 1. The van der Waals surface area contributed by atoms with Gasteiger partial charge >= 0.3 is 12.1 Å². The number of nitrogens with zero attached hydrogens (tertiary/aromatic N) is 3. The quantitative estimate of drug-likeness (QED) is 0.796. The lowest BCUT2D eigenvalue weighted by Gasteiger charge is -2.18. The van der Waals surface area contributed by atoms with Crippen LogP contribution >= 0.6 is 0 Å². The zero-order valence-electron chi connectivity index (χ0n) is 13.8. The summed E-state index contributed by atoms with van der Waals surface area (Å²) >= 11 is 0. The van der Waals surface area contributed by atoms with Gasteiger partial charge in [-0.2, -0.15) is 5.10 Å². The average Bonchev–Trinajstić information content (AvgIpc) is 3.31. The molecule has 0 aliphatic heterocycles. The van der Waals surface area contributed by atoms with Crippen molar-refractivity contribution in [2.45, 2.75) is 44.4 Å². The molecule has 0 saturated heterocycles. The molecule has 1 saturated carbocycles. The molecule has 8 nitrogen and oxygen atoms in total. The fourth-order valence-electron chi connectivity index (χ4n) is 2.56. The van der Waals surface area contributed by atoms with Gasteiger partial charge in [-0.25, -0.2) is 19.3 Å². The number of carbonyl (C=O) groups is 2. The van der Waals surface area contributed by atoms with E-state index in [1.54, 1.807) is 0 Å². The highest BCUT2D eigenvalue weighted by molar-refractivity contribution is 5.77. The van der Waals surface area contributed by atoms with Gasteiger partial charge in [0.25, 0.3) is 0 Å². The Kier molecular flexibility index (Phi) is 4.97. The molecule has 3 rings (SSSR count). The van der Waals surface area contributed by atoms with Gasteiger partial charge in [0.05, 0.1) is 12.6 Å². The van der Waals surface area contributed by atoms with Crippen LogP contribution in [0.15, 0.2) is 36.9 Å². The van der Waals surface area contributed by atoms with Crippen molar-refractivity contribution >= 4 is 12.1 Å². The van der Waals surface area contributed by atoms with Crippen LogP contribution in [0.2, 0.25) is 0 Å². The molecule has 0 radical (unpaired) electrons. The maximum absolute atomic E-state index is 12.0. The Morgan fingerprint density at radius 3 is 2.64 bits per heavy atom. The molecule has 1 aromatic carbocycles. The van der Waals surface area contributed by atoms with Crippen LogP contribution in [0.25, 0.3) is 0 Å². The van der Waals surface area contributed by atoms with Crippen LogP contribution in [-0.4, -0.2) is 38.0 Å². The van der Waals surface area contributed by atoms with Crippen molar-refractivity contribution in [2.75, 3.05) is 0 Å². The first-order chi connectivity index (χ1) is 12.0. The van der Waals surface area contributed by atoms with Gasteiger partial charge in [0.15, 0.2) is 0 Å². The number of ether oxygens (including phenoxy) is 1. The number of hydrogen-bond acceptors (Lipinski definition) is 5. The summed E-state index contributed by atoms with van der Waals surface area (Å²) in [4.78, 5) is 27.0. The van der Waals surface area contributed by atoms with Crippen LogP contribution in [0.5, 0.6) is 0 Å². The maximum atomic E-state index is 12.0. The van der Waals surface area contributed by atoms with Crippen molar-refractivity contribution < 1.29 is 19.4 Å². The highest BCUT2D eigenvalue weighted by Gasteiger charge is 2.25. The lowest BCUT2D eigenvalue weighted by Crippen LogP contribution is -2.37. The fourth-order valence-corrected chi connectivity index (χ4v) is 2.56. The Bertz CT molecular complexity index is 726. The fraction of sp³-hybridized carbons (Fsp3) is 0.412. The van der Waals surface area contributed by atoms with Crippen LogP contribution in [0, 0.1) is 0 Å². The van der Waals surface area contributed by atoms with Gasteiger partial charge in [-0.05, 0) is 36.8 Å². The Morgan fingerprint density at radius 1 is 1.36 bits per heavy atom. The third-order valence-electron chi connectivity index (χ3n) is 4.16. The lowest BCUT2D eigenvalue weighted by atomic mass is 10.0. The van der Waals surface area contributed by atoms with E-state index in [0.717, 1.165) is 5.56 Å². The third-order valence-corrected chi connectivity index (χ3v) is 4.16. The van der Waals surface area contributed by atoms with Crippen molar-refractivity contribution in [3.05, 3.63) is 48.0 Å². The van der Waals surface area contributed by atoms with Gasteiger partial charge in [0, 0.05) is 0 Å². The second-order valence-corrected chi connectivity index (χ2v) is 6.16. The van der Waals surface area contributed by atoms with Gasteiger partial charge in [0.2, 0.25) is 6.10 Å². The van der Waals surface area contributed by atoms with Crippen LogP contribution in [0.4, 0.5) is 4.79 Å². The molecule has 8 heteroatoms. The number of hydrogen-bond donors (Lipinski definition) is 2. The summed E-state index contributed by atoms with van der Waals surface area (Å²) in [6.07, 6.45) is 2.99. The van der Waals surface area contributed by atoms with Crippen LogP contribution in [0.1, 0.15) is 42.9 Å². The number of aliphatic carboxylic acids is 1. The zero-order valence-corrected chi connectivity index (χ0v) is 13.8. The van der Waals surface area contributed by atoms with E-state index in [4.69, 9.17) is 4.74 Å². The van der Waals surface area contributed by atoms with Gasteiger partial charge in [-0.1, -0.05) is 24.3 Å². The van der Waals surface area contributed by atoms with Gasteiger partial charge in [-0.15, -0.1) is 0 Å². The Hall–Kier alpha value is -2.90. The number of benzene rings is 1. The second-order valence-electron chi connectivity index (χ2n) is 6.16. The molecule has 1 aliphatic rings. The van der Waals surface area contributed by atoms with E-state index in [9.17, 15) is 14.7 Å². The largest absolute Gasteiger partial charge is 0.478 e. The van der Waals surface area contributed by atoms with Crippen molar-refractivity contribution in [2.24, 2.45) is 0 Å². The highest BCUT2D eigenvalue weighted by atomic mass is 16.6. The van der Waals surface area contributed by atoms with Crippen molar-refractivity contribution in [1.82, 2.24) is 20.1 Å². The molecule has 1 aliphatic carbocycles. The van der Waals surface area contributed by atoms with Gasteiger partial charge in [0.1, 0.15) is 12.7 Å². The first-order valence-electron chi connectivity index (χ1n) is 8.15. The van der Waals surface area contributed by atoms with E-state index >= 15 is 0 Å². The first-order valence-corrected chi connectivity index (χ1v) is 8.15. The Balaban J connectivity index is 1.55. The minimum atomic E-state index is -1.34. The minimum Gasteiger partial charge on any atom is -0.478 e. The number of carboxylic acid groups (broad SMARTS) is 1. The molecule has 25 heavy (non-hydrogen) atoms. The predicted molar refractivity (Wildman–Crippen MR) is 87.9 cm³/mol. The van der Waals surface area contributed by atoms with E-state index < -0.39 is 18.2 Å². The summed E-state index contributed by atoms with van der Waals surface area (Å²) in [5.74, 6) is -0.567. The standard InChI is InChI=1S/C17H20N4O4/c1-11(12-2-4-13(5-3-12)14-6-7-14)20-17(24)25-15(16(22)23)8-21-10-18-9-19-21/h2-5,9-11,14-15H,6-8H2,1H3,(H,20,24)(H,22,23)/t11-,15+/m0/s1. The van der Waals surface area contributed by atoms with Crippen LogP contribution in [0.3, 0.4) is 0 Å². The summed E-state index contributed by atoms with van der Waals surface area (Å²) in [6.45, 7) is 1.72. The molecule has 0 bridgehead atoms. The second kappa shape index (κ2) is 7.33. The average molecular weight is 344 g/mol. The minimum absolute atomic E-state index is 0.104. The number of aromatic nitrogens is 3. The van der Waals surface area contributed by atoms with E-state index in [0.29, 0.717) is 5.92 Å². The molecular weight excluding hydrogens is 324 g/mol. The van der Waals surface area contributed by atoms with E-state index in [1.165, 1.54) is 35.7 Å². The van der Waals surface area contributed by atoms with E-state index in [1.807, 2.05) is 19.1 Å². The Labute approximate surface area is 144 Å². The topological polar surface area (TPSA) is 106 Å². The monoisotopic (exact) mass is 344 g/mol. The number of rotatable bonds is 7. The molecular formula is C17H20N4O4. The summed E-state index contributed by atoms with van der Waals surface area (Å²) in [6, 6.07) is 7.80. The normalized spacial score (nSPS) is 16.0. The molecule has 2 atom stereocenters. The molecule has 1 fully saturated rings. The summed E-state index contributed by atoms with van der Waals surface area (Å²) in [5.41, 5.74) is 2.25. The molecule has 1 amide bonds. The van der Waals surface area contributed by atoms with E-state index in [2.05, 4.69) is 27.5 Å². The maximum Gasteiger partial charge on any atom is 0.408 e. The van der Waals surface area contributed by atoms with Crippen LogP contribution < -0.4 is 5.32 Å². The zero-order chi connectivity index (χ0) is 17.8. The van der Waals surface area contributed by atoms with Gasteiger partial charge in [-0.3, -0.25) is 0 Å². The molecule has 0 unspecified atom stereocenters. The van der Waals surface area contributed by atoms with Crippen LogP contribution in [-0.2, 0) is 16.1 Å².